The van der Waals surface area contributed by atoms with Crippen LogP contribution in [0.15, 0.2) is 53.4 Å². The predicted molar refractivity (Wildman–Crippen MR) is 100 cm³/mol. The van der Waals surface area contributed by atoms with E-state index in [-0.39, 0.29) is 10.8 Å². The Kier molecular flexibility index (Phi) is 6.58. The van der Waals surface area contributed by atoms with E-state index in [9.17, 15) is 13.2 Å². The summed E-state index contributed by atoms with van der Waals surface area (Å²) in [5.41, 5.74) is 1.96. The quantitative estimate of drug-likeness (QED) is 0.707. The highest BCUT2D eigenvalue weighted by Crippen LogP contribution is 2.18. The lowest BCUT2D eigenvalue weighted by molar-refractivity contribution is 0.0953. The number of carbonyl (C=O) groups is 1. The molecule has 0 fully saturated rings. The Morgan fingerprint density at radius 2 is 1.76 bits per heavy atom. The first kappa shape index (κ1) is 19.0. The van der Waals surface area contributed by atoms with Crippen molar-refractivity contribution in [3.8, 4) is 0 Å². The third-order valence-electron chi connectivity index (χ3n) is 3.84. The van der Waals surface area contributed by atoms with Crippen molar-refractivity contribution in [2.75, 3.05) is 11.3 Å². The van der Waals surface area contributed by atoms with Gasteiger partial charge >= 0.3 is 0 Å². The van der Waals surface area contributed by atoms with Crippen LogP contribution in [0.1, 0.15) is 42.6 Å². The summed E-state index contributed by atoms with van der Waals surface area (Å²) in [7, 11) is -3.74. The third-order valence-corrected chi connectivity index (χ3v) is 5.22. The summed E-state index contributed by atoms with van der Waals surface area (Å²) in [5, 5.41) is 2.79. The fourth-order valence-electron chi connectivity index (χ4n) is 2.31. The van der Waals surface area contributed by atoms with Crippen LogP contribution in [-0.2, 0) is 16.4 Å². The zero-order valence-corrected chi connectivity index (χ0v) is 15.4. The van der Waals surface area contributed by atoms with Crippen LogP contribution in [0.5, 0.6) is 0 Å². The number of amides is 1. The Morgan fingerprint density at radius 1 is 1.04 bits per heavy atom. The summed E-state index contributed by atoms with van der Waals surface area (Å²) in [6.07, 6.45) is 2.76. The fourth-order valence-corrected chi connectivity index (χ4v) is 3.41. The minimum Gasteiger partial charge on any atom is -0.352 e. The van der Waals surface area contributed by atoms with Gasteiger partial charge in [-0.1, -0.05) is 38.5 Å². The van der Waals surface area contributed by atoms with Crippen LogP contribution in [0.3, 0.4) is 0 Å². The maximum atomic E-state index is 12.5. The molecule has 0 aliphatic carbocycles. The third kappa shape index (κ3) is 5.32. The van der Waals surface area contributed by atoms with Crippen molar-refractivity contribution in [3.63, 3.8) is 0 Å². The lowest BCUT2D eigenvalue weighted by Crippen LogP contribution is -2.24. The molecule has 2 aromatic carbocycles. The summed E-state index contributed by atoms with van der Waals surface area (Å²) in [5.74, 6) is -0.266. The van der Waals surface area contributed by atoms with Gasteiger partial charge in [-0.05, 0) is 48.7 Å². The van der Waals surface area contributed by atoms with E-state index >= 15 is 0 Å². The number of unbranched alkanes of at least 4 members (excludes halogenated alkanes) is 1. The number of nitrogens with one attached hydrogen (secondary N) is 2. The maximum absolute atomic E-state index is 12.5. The predicted octanol–water partition coefficient (Wildman–Crippen LogP) is 3.58. The minimum atomic E-state index is -3.74. The highest BCUT2D eigenvalue weighted by Gasteiger charge is 2.16. The van der Waals surface area contributed by atoms with Crippen molar-refractivity contribution < 1.29 is 13.2 Å². The van der Waals surface area contributed by atoms with Crippen LogP contribution >= 0.6 is 0 Å². The minimum absolute atomic E-state index is 0.0650. The van der Waals surface area contributed by atoms with E-state index in [0.29, 0.717) is 17.8 Å². The van der Waals surface area contributed by atoms with E-state index in [2.05, 4.69) is 10.0 Å². The van der Waals surface area contributed by atoms with Gasteiger partial charge in [-0.25, -0.2) is 8.42 Å². The number of aryl methyl sites for hydroxylation is 1. The van der Waals surface area contributed by atoms with E-state index in [0.717, 1.165) is 24.8 Å². The molecule has 6 heteroatoms. The van der Waals surface area contributed by atoms with Crippen LogP contribution in [0, 0.1) is 0 Å². The van der Waals surface area contributed by atoms with Gasteiger partial charge in [-0.2, -0.15) is 0 Å². The van der Waals surface area contributed by atoms with Crippen molar-refractivity contribution in [2.45, 2.75) is 38.0 Å². The molecule has 2 N–H and O–H groups in total. The second kappa shape index (κ2) is 8.67. The number of hydrogen-bond acceptors (Lipinski definition) is 3. The van der Waals surface area contributed by atoms with E-state index in [1.165, 1.54) is 12.1 Å². The van der Waals surface area contributed by atoms with Crippen LogP contribution in [-0.4, -0.2) is 20.9 Å². The number of anilines is 1. The Labute approximate surface area is 149 Å². The molecule has 0 radical (unpaired) electrons. The molecular formula is C19H24N2O3S. The molecule has 0 saturated heterocycles. The Morgan fingerprint density at radius 3 is 2.40 bits per heavy atom. The maximum Gasteiger partial charge on any atom is 0.261 e. The van der Waals surface area contributed by atoms with Gasteiger partial charge in [0.15, 0.2) is 0 Å². The van der Waals surface area contributed by atoms with Gasteiger partial charge in [0, 0.05) is 17.8 Å². The van der Waals surface area contributed by atoms with Gasteiger partial charge in [0.25, 0.3) is 15.9 Å². The molecule has 2 rings (SSSR count). The lowest BCUT2D eigenvalue weighted by atomic mass is 10.2. The first-order chi connectivity index (χ1) is 12.0. The van der Waals surface area contributed by atoms with E-state index < -0.39 is 10.0 Å². The number of sulfonamides is 1. The number of rotatable bonds is 8. The molecule has 25 heavy (non-hydrogen) atoms. The highest BCUT2D eigenvalue weighted by atomic mass is 32.2. The van der Waals surface area contributed by atoms with Crippen LogP contribution in [0.4, 0.5) is 5.69 Å². The zero-order chi connectivity index (χ0) is 18.3. The molecule has 1 amide bonds. The Hall–Kier alpha value is -2.34. The molecule has 0 spiro atoms. The molecule has 0 aliphatic rings. The monoisotopic (exact) mass is 360 g/mol. The molecule has 0 saturated carbocycles. The largest absolute Gasteiger partial charge is 0.352 e. The second-order valence-corrected chi connectivity index (χ2v) is 7.48. The number of benzene rings is 2. The van der Waals surface area contributed by atoms with Gasteiger partial charge in [-0.15, -0.1) is 0 Å². The van der Waals surface area contributed by atoms with Gasteiger partial charge < -0.3 is 5.32 Å². The average molecular weight is 360 g/mol. The molecule has 2 aromatic rings. The molecule has 0 aliphatic heterocycles. The van der Waals surface area contributed by atoms with E-state index in [1.807, 2.05) is 26.0 Å². The number of carbonyl (C=O) groups excluding carboxylic acids is 1. The second-order valence-electron chi connectivity index (χ2n) is 5.79. The number of hydrogen-bond donors (Lipinski definition) is 2. The Balaban J connectivity index is 2.15. The molecule has 0 unspecified atom stereocenters. The topological polar surface area (TPSA) is 75.3 Å². The molecule has 0 heterocycles. The molecule has 5 nitrogen and oxygen atoms in total. The first-order valence-corrected chi connectivity index (χ1v) is 9.94. The standard InChI is InChI=1S/C19H24N2O3S/c1-3-5-13-20-19(22)16-7-6-8-18(14-16)25(23,24)21-17-11-9-15(4-2)10-12-17/h6-12,14,21H,3-5,13H2,1-2H3,(H,20,22). The van der Waals surface area contributed by atoms with Gasteiger partial charge in [0.05, 0.1) is 4.90 Å². The SMILES string of the molecule is CCCCNC(=O)c1cccc(S(=O)(=O)Nc2ccc(CC)cc2)c1. The first-order valence-electron chi connectivity index (χ1n) is 8.46. The van der Waals surface area contributed by atoms with Gasteiger partial charge in [-0.3, -0.25) is 9.52 Å². The van der Waals surface area contributed by atoms with Crippen molar-refractivity contribution in [1.29, 1.82) is 0 Å². The summed E-state index contributed by atoms with van der Waals surface area (Å²) < 4.78 is 27.6. The molecule has 134 valence electrons. The molecule has 0 bridgehead atoms. The Bertz CT molecular complexity index is 815. The lowest BCUT2D eigenvalue weighted by Gasteiger charge is -2.10. The fraction of sp³-hybridized carbons (Fsp3) is 0.316. The van der Waals surface area contributed by atoms with Crippen LogP contribution < -0.4 is 10.0 Å². The summed E-state index contributed by atoms with van der Waals surface area (Å²) in [6.45, 7) is 4.66. The molecule has 0 atom stereocenters. The summed E-state index contributed by atoms with van der Waals surface area (Å²) >= 11 is 0. The highest BCUT2D eigenvalue weighted by molar-refractivity contribution is 7.92. The van der Waals surface area contributed by atoms with E-state index in [1.54, 1.807) is 24.3 Å². The van der Waals surface area contributed by atoms with Crippen molar-refractivity contribution in [1.82, 2.24) is 5.32 Å². The van der Waals surface area contributed by atoms with Crippen molar-refractivity contribution >= 4 is 21.6 Å². The average Bonchev–Trinajstić information content (AvgIpc) is 2.62. The molecular weight excluding hydrogens is 336 g/mol. The van der Waals surface area contributed by atoms with Gasteiger partial charge in [0.1, 0.15) is 0 Å². The van der Waals surface area contributed by atoms with Crippen molar-refractivity contribution in [3.05, 3.63) is 59.7 Å². The van der Waals surface area contributed by atoms with Crippen LogP contribution in [0.25, 0.3) is 0 Å². The van der Waals surface area contributed by atoms with Crippen molar-refractivity contribution in [2.24, 2.45) is 0 Å². The summed E-state index contributed by atoms with van der Waals surface area (Å²) in [6, 6.07) is 13.3. The summed E-state index contributed by atoms with van der Waals surface area (Å²) in [4.78, 5) is 12.2. The normalized spacial score (nSPS) is 11.1. The zero-order valence-electron chi connectivity index (χ0n) is 14.6. The van der Waals surface area contributed by atoms with Gasteiger partial charge in [0.2, 0.25) is 0 Å². The smallest absolute Gasteiger partial charge is 0.261 e. The van der Waals surface area contributed by atoms with Crippen LogP contribution in [0.2, 0.25) is 0 Å². The van der Waals surface area contributed by atoms with E-state index in [4.69, 9.17) is 0 Å². The molecule has 0 aromatic heterocycles.